The second-order valence-corrected chi connectivity index (χ2v) is 4.66. The lowest BCUT2D eigenvalue weighted by atomic mass is 10.1. The third kappa shape index (κ3) is 2.39. The maximum Gasteiger partial charge on any atom is 0.256 e. The fourth-order valence-electron chi connectivity index (χ4n) is 2.22. The summed E-state index contributed by atoms with van der Waals surface area (Å²) >= 11 is 0. The van der Waals surface area contributed by atoms with E-state index in [0.717, 1.165) is 11.9 Å². The van der Waals surface area contributed by atoms with Crippen molar-refractivity contribution in [2.24, 2.45) is 0 Å². The summed E-state index contributed by atoms with van der Waals surface area (Å²) in [5.74, 6) is -0.343. The number of benzene rings is 1. The topological polar surface area (TPSA) is 77.1 Å². The number of fused-ring (bicyclic) bond motifs is 1. The van der Waals surface area contributed by atoms with Crippen molar-refractivity contribution in [1.82, 2.24) is 9.88 Å². The SMILES string of the molecule is CCCNC(=O)c1cn(CC)c2cccc(N)c2c1=O. The van der Waals surface area contributed by atoms with E-state index in [4.69, 9.17) is 5.73 Å². The van der Waals surface area contributed by atoms with Crippen LogP contribution in [0.3, 0.4) is 0 Å². The summed E-state index contributed by atoms with van der Waals surface area (Å²) in [5.41, 5.74) is 6.90. The van der Waals surface area contributed by atoms with Gasteiger partial charge >= 0.3 is 0 Å². The Labute approximate surface area is 117 Å². The minimum absolute atomic E-state index is 0.144. The van der Waals surface area contributed by atoms with Crippen molar-refractivity contribution < 1.29 is 4.79 Å². The van der Waals surface area contributed by atoms with Gasteiger partial charge in [0.1, 0.15) is 5.56 Å². The molecular formula is C15H19N3O2. The number of hydrogen-bond donors (Lipinski definition) is 2. The number of anilines is 1. The number of nitrogen functional groups attached to an aromatic ring is 1. The number of carbonyl (C=O) groups is 1. The van der Waals surface area contributed by atoms with Crippen LogP contribution in [0.25, 0.3) is 10.9 Å². The van der Waals surface area contributed by atoms with E-state index in [1.165, 1.54) is 0 Å². The Morgan fingerprint density at radius 2 is 2.10 bits per heavy atom. The highest BCUT2D eigenvalue weighted by Crippen LogP contribution is 2.18. The van der Waals surface area contributed by atoms with Gasteiger partial charge in [0.05, 0.1) is 10.9 Å². The lowest BCUT2D eigenvalue weighted by molar-refractivity contribution is 0.0952. The molecule has 5 nitrogen and oxygen atoms in total. The fraction of sp³-hybridized carbons (Fsp3) is 0.333. The molecule has 0 fully saturated rings. The first-order chi connectivity index (χ1) is 9.60. The summed E-state index contributed by atoms with van der Waals surface area (Å²) in [6.07, 6.45) is 2.43. The van der Waals surface area contributed by atoms with Crippen LogP contribution >= 0.6 is 0 Å². The number of carbonyl (C=O) groups excluding carboxylic acids is 1. The van der Waals surface area contributed by atoms with Gasteiger partial charge in [-0.2, -0.15) is 0 Å². The standard InChI is InChI=1S/C15H19N3O2/c1-3-8-17-15(20)10-9-18(4-2)12-7-5-6-11(16)13(12)14(10)19/h5-7,9H,3-4,8,16H2,1-2H3,(H,17,20). The average molecular weight is 273 g/mol. The molecule has 0 saturated heterocycles. The highest BCUT2D eigenvalue weighted by atomic mass is 16.2. The molecule has 5 heteroatoms. The summed E-state index contributed by atoms with van der Waals surface area (Å²) in [4.78, 5) is 24.6. The highest BCUT2D eigenvalue weighted by molar-refractivity contribution is 6.00. The number of nitrogens with two attached hydrogens (primary N) is 1. The summed E-state index contributed by atoms with van der Waals surface area (Å²) in [6, 6.07) is 5.32. The van der Waals surface area contributed by atoms with Crippen LogP contribution < -0.4 is 16.5 Å². The number of pyridine rings is 1. The highest BCUT2D eigenvalue weighted by Gasteiger charge is 2.15. The first kappa shape index (κ1) is 14.1. The molecular weight excluding hydrogens is 254 g/mol. The van der Waals surface area contributed by atoms with E-state index in [-0.39, 0.29) is 16.9 Å². The minimum atomic E-state index is -0.343. The Balaban J connectivity index is 2.68. The zero-order valence-electron chi connectivity index (χ0n) is 11.8. The Kier molecular flexibility index (Phi) is 4.08. The summed E-state index contributed by atoms with van der Waals surface area (Å²) in [7, 11) is 0. The lowest BCUT2D eigenvalue weighted by Crippen LogP contribution is -2.30. The molecule has 2 rings (SSSR count). The number of rotatable bonds is 4. The van der Waals surface area contributed by atoms with Crippen molar-refractivity contribution in [3.8, 4) is 0 Å². The van der Waals surface area contributed by atoms with Gasteiger partial charge in [-0.05, 0) is 25.5 Å². The van der Waals surface area contributed by atoms with Crippen molar-refractivity contribution >= 4 is 22.5 Å². The predicted octanol–water partition coefficient (Wildman–Crippen LogP) is 1.74. The Hall–Kier alpha value is -2.30. The maximum atomic E-state index is 12.5. The molecule has 0 saturated carbocycles. The predicted molar refractivity (Wildman–Crippen MR) is 80.9 cm³/mol. The zero-order valence-corrected chi connectivity index (χ0v) is 11.8. The van der Waals surface area contributed by atoms with E-state index in [9.17, 15) is 9.59 Å². The number of hydrogen-bond acceptors (Lipinski definition) is 3. The van der Waals surface area contributed by atoms with Gasteiger partial charge in [-0.25, -0.2) is 0 Å². The van der Waals surface area contributed by atoms with Crippen LogP contribution in [0, 0.1) is 0 Å². The molecule has 106 valence electrons. The molecule has 0 atom stereocenters. The maximum absolute atomic E-state index is 12.5. The lowest BCUT2D eigenvalue weighted by Gasteiger charge is -2.12. The van der Waals surface area contributed by atoms with Crippen LogP contribution in [0.1, 0.15) is 30.6 Å². The van der Waals surface area contributed by atoms with E-state index in [1.54, 1.807) is 18.3 Å². The quantitative estimate of drug-likeness (QED) is 0.833. The van der Waals surface area contributed by atoms with Gasteiger partial charge in [0.25, 0.3) is 5.91 Å². The van der Waals surface area contributed by atoms with Gasteiger partial charge in [0.2, 0.25) is 5.43 Å². The smallest absolute Gasteiger partial charge is 0.256 e. The average Bonchev–Trinajstić information content (AvgIpc) is 2.45. The second kappa shape index (κ2) is 5.77. The van der Waals surface area contributed by atoms with Crippen LogP contribution in [0.2, 0.25) is 0 Å². The van der Waals surface area contributed by atoms with Gasteiger partial charge in [0, 0.05) is 25.0 Å². The monoisotopic (exact) mass is 273 g/mol. The second-order valence-electron chi connectivity index (χ2n) is 4.66. The first-order valence-corrected chi connectivity index (χ1v) is 6.80. The van der Waals surface area contributed by atoms with Gasteiger partial charge in [-0.3, -0.25) is 9.59 Å². The first-order valence-electron chi connectivity index (χ1n) is 6.80. The fourth-order valence-corrected chi connectivity index (χ4v) is 2.22. The zero-order chi connectivity index (χ0) is 14.7. The molecule has 1 amide bonds. The number of nitrogens with one attached hydrogen (secondary N) is 1. The molecule has 0 bridgehead atoms. The molecule has 0 radical (unpaired) electrons. The molecule has 0 aliphatic carbocycles. The number of aromatic nitrogens is 1. The number of amides is 1. The van der Waals surface area contributed by atoms with Gasteiger partial charge in [0.15, 0.2) is 0 Å². The van der Waals surface area contributed by atoms with Crippen LogP contribution in [-0.4, -0.2) is 17.0 Å². The van der Waals surface area contributed by atoms with Crippen LogP contribution in [-0.2, 0) is 6.54 Å². The van der Waals surface area contributed by atoms with Crippen molar-refractivity contribution in [3.05, 3.63) is 40.2 Å². The van der Waals surface area contributed by atoms with E-state index < -0.39 is 0 Å². The van der Waals surface area contributed by atoms with E-state index >= 15 is 0 Å². The Morgan fingerprint density at radius 3 is 2.75 bits per heavy atom. The van der Waals surface area contributed by atoms with Crippen LogP contribution in [0.4, 0.5) is 5.69 Å². The van der Waals surface area contributed by atoms with Gasteiger partial charge in [-0.15, -0.1) is 0 Å². The molecule has 1 heterocycles. The normalized spacial score (nSPS) is 10.7. The van der Waals surface area contributed by atoms with Gasteiger partial charge in [-0.1, -0.05) is 13.0 Å². The molecule has 0 unspecified atom stereocenters. The molecule has 0 aliphatic heterocycles. The Bertz CT molecular complexity index is 704. The molecule has 20 heavy (non-hydrogen) atoms. The molecule has 0 aliphatic rings. The van der Waals surface area contributed by atoms with Crippen molar-refractivity contribution in [2.75, 3.05) is 12.3 Å². The molecule has 0 spiro atoms. The molecule has 2 aromatic rings. The number of aryl methyl sites for hydroxylation is 1. The molecule has 3 N–H and O–H groups in total. The minimum Gasteiger partial charge on any atom is -0.398 e. The van der Waals surface area contributed by atoms with Crippen LogP contribution in [0.5, 0.6) is 0 Å². The Morgan fingerprint density at radius 1 is 1.35 bits per heavy atom. The molecule has 1 aromatic heterocycles. The summed E-state index contributed by atoms with van der Waals surface area (Å²) < 4.78 is 1.87. The summed E-state index contributed by atoms with van der Waals surface area (Å²) in [5, 5.41) is 3.15. The van der Waals surface area contributed by atoms with E-state index in [1.807, 2.05) is 24.5 Å². The third-order valence-corrected chi connectivity index (χ3v) is 3.26. The number of nitrogens with zero attached hydrogens (tertiary/aromatic N) is 1. The third-order valence-electron chi connectivity index (χ3n) is 3.26. The molecule has 1 aromatic carbocycles. The van der Waals surface area contributed by atoms with Crippen molar-refractivity contribution in [3.63, 3.8) is 0 Å². The van der Waals surface area contributed by atoms with E-state index in [0.29, 0.717) is 24.2 Å². The van der Waals surface area contributed by atoms with Crippen molar-refractivity contribution in [1.29, 1.82) is 0 Å². The van der Waals surface area contributed by atoms with Crippen molar-refractivity contribution in [2.45, 2.75) is 26.8 Å². The largest absolute Gasteiger partial charge is 0.398 e. The van der Waals surface area contributed by atoms with Gasteiger partial charge < -0.3 is 15.6 Å². The van der Waals surface area contributed by atoms with E-state index in [2.05, 4.69) is 5.32 Å². The summed E-state index contributed by atoms with van der Waals surface area (Å²) in [6.45, 7) is 5.13. The van der Waals surface area contributed by atoms with Crippen LogP contribution in [0.15, 0.2) is 29.2 Å².